The molecule has 1 heterocycles. The summed E-state index contributed by atoms with van der Waals surface area (Å²) < 4.78 is 0. The van der Waals surface area contributed by atoms with Gasteiger partial charge in [-0.25, -0.2) is 0 Å². The molecule has 21 heavy (non-hydrogen) atoms. The van der Waals surface area contributed by atoms with Crippen LogP contribution >= 0.6 is 0 Å². The van der Waals surface area contributed by atoms with Crippen LogP contribution in [0.2, 0.25) is 0 Å². The van der Waals surface area contributed by atoms with Gasteiger partial charge in [0.25, 0.3) is 0 Å². The Kier molecular flexibility index (Phi) is 4.93. The minimum Gasteiger partial charge on any atom is -0.392 e. The van der Waals surface area contributed by atoms with E-state index in [0.29, 0.717) is 17.8 Å². The Morgan fingerprint density at radius 3 is 2.62 bits per heavy atom. The van der Waals surface area contributed by atoms with Gasteiger partial charge in [0, 0.05) is 17.8 Å². The number of β-amino-alcohol motifs (C(OH)–C–C–N with tert-alkyl or cyclic N) is 1. The predicted molar refractivity (Wildman–Crippen MR) is 79.8 cm³/mol. The summed E-state index contributed by atoms with van der Waals surface area (Å²) in [4.78, 5) is 24.9. The number of nitrogens with one attached hydrogen (secondary N) is 1. The van der Waals surface area contributed by atoms with E-state index in [1.165, 1.54) is 0 Å². The number of carbonyl (C=O) groups excluding carboxylic acids is 2. The highest BCUT2D eigenvalue weighted by Crippen LogP contribution is 2.17. The molecular formula is C15H21N3O3. The molecule has 1 aliphatic heterocycles. The smallest absolute Gasteiger partial charge is 0.248 e. The molecule has 0 saturated carbocycles. The summed E-state index contributed by atoms with van der Waals surface area (Å²) in [5, 5.41) is 12.6. The average Bonchev–Trinajstić information content (AvgIpc) is 2.43. The van der Waals surface area contributed by atoms with E-state index < -0.39 is 5.91 Å². The number of aliphatic hydroxyl groups excluding tert-OH is 1. The number of nitrogens with two attached hydrogens (primary N) is 1. The zero-order valence-electron chi connectivity index (χ0n) is 12.1. The van der Waals surface area contributed by atoms with Crippen molar-refractivity contribution in [3.63, 3.8) is 0 Å². The number of anilines is 1. The van der Waals surface area contributed by atoms with E-state index in [0.717, 1.165) is 13.0 Å². The van der Waals surface area contributed by atoms with Crippen molar-refractivity contribution in [1.29, 1.82) is 0 Å². The van der Waals surface area contributed by atoms with Gasteiger partial charge in [0.05, 0.1) is 12.6 Å². The first-order valence-electron chi connectivity index (χ1n) is 7.06. The number of primary amides is 1. The zero-order chi connectivity index (χ0) is 15.4. The fraction of sp³-hybridized carbons (Fsp3) is 0.467. The quantitative estimate of drug-likeness (QED) is 0.749. The topological polar surface area (TPSA) is 95.7 Å². The van der Waals surface area contributed by atoms with Crippen molar-refractivity contribution >= 4 is 17.5 Å². The number of benzene rings is 1. The van der Waals surface area contributed by atoms with Crippen LogP contribution < -0.4 is 11.1 Å². The normalized spacial score (nSPS) is 22.8. The summed E-state index contributed by atoms with van der Waals surface area (Å²) in [7, 11) is 0. The van der Waals surface area contributed by atoms with E-state index in [1.54, 1.807) is 24.3 Å². The van der Waals surface area contributed by atoms with Crippen molar-refractivity contribution < 1.29 is 14.7 Å². The molecule has 1 aromatic carbocycles. The minimum atomic E-state index is -0.496. The lowest BCUT2D eigenvalue weighted by Crippen LogP contribution is -2.45. The molecule has 4 N–H and O–H groups in total. The first kappa shape index (κ1) is 15.5. The first-order chi connectivity index (χ1) is 9.95. The predicted octanol–water partition coefficient (Wildman–Crippen LogP) is 0.427. The van der Waals surface area contributed by atoms with Crippen LogP contribution in [0.25, 0.3) is 0 Å². The summed E-state index contributed by atoms with van der Waals surface area (Å²) >= 11 is 0. The van der Waals surface area contributed by atoms with Crippen LogP contribution in [0.5, 0.6) is 0 Å². The van der Waals surface area contributed by atoms with E-state index >= 15 is 0 Å². The maximum absolute atomic E-state index is 12.0. The van der Waals surface area contributed by atoms with Crippen molar-refractivity contribution in [3.05, 3.63) is 29.8 Å². The Bertz CT molecular complexity index is 515. The second-order valence-electron chi connectivity index (χ2n) is 5.56. The second kappa shape index (κ2) is 6.69. The molecule has 2 atom stereocenters. The van der Waals surface area contributed by atoms with Gasteiger partial charge in [-0.05, 0) is 43.1 Å². The molecule has 2 rings (SSSR count). The molecule has 0 aliphatic carbocycles. The number of hydrogen-bond donors (Lipinski definition) is 3. The molecule has 0 aromatic heterocycles. The van der Waals surface area contributed by atoms with E-state index in [2.05, 4.69) is 5.32 Å². The lowest BCUT2D eigenvalue weighted by molar-refractivity contribution is -0.118. The van der Waals surface area contributed by atoms with Crippen LogP contribution in [0.3, 0.4) is 0 Å². The number of piperidine rings is 1. The Labute approximate surface area is 123 Å². The van der Waals surface area contributed by atoms with Crippen molar-refractivity contribution in [3.8, 4) is 0 Å². The number of hydrogen-bond acceptors (Lipinski definition) is 4. The van der Waals surface area contributed by atoms with Gasteiger partial charge < -0.3 is 16.2 Å². The van der Waals surface area contributed by atoms with Crippen molar-refractivity contribution in [1.82, 2.24) is 4.90 Å². The number of amides is 2. The van der Waals surface area contributed by atoms with Crippen molar-refractivity contribution in [2.45, 2.75) is 19.4 Å². The van der Waals surface area contributed by atoms with Crippen molar-refractivity contribution in [2.24, 2.45) is 11.7 Å². The fourth-order valence-electron chi connectivity index (χ4n) is 2.38. The third kappa shape index (κ3) is 4.27. The highest BCUT2D eigenvalue weighted by Gasteiger charge is 2.25. The number of rotatable bonds is 4. The molecule has 1 fully saturated rings. The van der Waals surface area contributed by atoms with E-state index in [1.807, 2.05) is 11.8 Å². The SMILES string of the molecule is CC1CCN(CC(=O)Nc2ccc(C(N)=O)cc2)CC1O. The van der Waals surface area contributed by atoms with Crippen LogP contribution in [0.15, 0.2) is 24.3 Å². The summed E-state index contributed by atoms with van der Waals surface area (Å²) in [6.45, 7) is 3.60. The van der Waals surface area contributed by atoms with Gasteiger partial charge in [-0.1, -0.05) is 6.92 Å². The van der Waals surface area contributed by atoms with E-state index in [-0.39, 0.29) is 24.5 Å². The fourth-order valence-corrected chi connectivity index (χ4v) is 2.38. The standard InChI is InChI=1S/C15H21N3O3/c1-10-6-7-18(8-13(10)19)9-14(20)17-12-4-2-11(3-5-12)15(16)21/h2-5,10,13,19H,6-9H2,1H3,(H2,16,21)(H,17,20). The number of likely N-dealkylation sites (tertiary alicyclic amines) is 1. The lowest BCUT2D eigenvalue weighted by Gasteiger charge is -2.33. The van der Waals surface area contributed by atoms with E-state index in [9.17, 15) is 14.7 Å². The lowest BCUT2D eigenvalue weighted by atomic mass is 9.96. The van der Waals surface area contributed by atoms with Gasteiger partial charge in [0.2, 0.25) is 11.8 Å². The Morgan fingerprint density at radius 1 is 1.38 bits per heavy atom. The number of aliphatic hydroxyl groups is 1. The highest BCUT2D eigenvalue weighted by atomic mass is 16.3. The Morgan fingerprint density at radius 2 is 2.05 bits per heavy atom. The van der Waals surface area contributed by atoms with Gasteiger partial charge in [0.1, 0.15) is 0 Å². The molecule has 6 nitrogen and oxygen atoms in total. The molecule has 2 unspecified atom stereocenters. The molecule has 1 aromatic rings. The van der Waals surface area contributed by atoms with Crippen LogP contribution in [-0.4, -0.2) is 47.6 Å². The summed E-state index contributed by atoms with van der Waals surface area (Å²) in [6, 6.07) is 6.44. The van der Waals surface area contributed by atoms with Gasteiger partial charge in [0.15, 0.2) is 0 Å². The third-order valence-corrected chi connectivity index (χ3v) is 3.82. The second-order valence-corrected chi connectivity index (χ2v) is 5.56. The molecule has 0 radical (unpaired) electrons. The third-order valence-electron chi connectivity index (χ3n) is 3.82. The molecule has 1 saturated heterocycles. The van der Waals surface area contributed by atoms with Gasteiger partial charge in [-0.3, -0.25) is 14.5 Å². The molecule has 0 spiro atoms. The maximum Gasteiger partial charge on any atom is 0.248 e. The van der Waals surface area contributed by atoms with Crippen LogP contribution in [0.4, 0.5) is 5.69 Å². The zero-order valence-corrected chi connectivity index (χ0v) is 12.1. The molecule has 2 amide bonds. The van der Waals surface area contributed by atoms with Crippen LogP contribution in [-0.2, 0) is 4.79 Å². The summed E-state index contributed by atoms with van der Waals surface area (Å²) in [6.07, 6.45) is 0.517. The minimum absolute atomic E-state index is 0.136. The van der Waals surface area contributed by atoms with Crippen molar-refractivity contribution in [2.75, 3.05) is 25.0 Å². The monoisotopic (exact) mass is 291 g/mol. The Balaban J connectivity index is 1.85. The molecule has 6 heteroatoms. The summed E-state index contributed by atoms with van der Waals surface area (Å²) in [5.74, 6) is -0.349. The molecular weight excluding hydrogens is 270 g/mol. The Hall–Kier alpha value is -1.92. The number of carbonyl (C=O) groups is 2. The van der Waals surface area contributed by atoms with Crippen LogP contribution in [0, 0.1) is 5.92 Å². The average molecular weight is 291 g/mol. The first-order valence-corrected chi connectivity index (χ1v) is 7.06. The number of nitrogens with zero attached hydrogens (tertiary/aromatic N) is 1. The highest BCUT2D eigenvalue weighted by molar-refractivity contribution is 5.95. The van der Waals surface area contributed by atoms with E-state index in [4.69, 9.17) is 5.73 Å². The summed E-state index contributed by atoms with van der Waals surface area (Å²) in [5.41, 5.74) is 6.18. The maximum atomic E-state index is 12.0. The van der Waals surface area contributed by atoms with Gasteiger partial charge >= 0.3 is 0 Å². The molecule has 0 bridgehead atoms. The molecule has 1 aliphatic rings. The van der Waals surface area contributed by atoms with Gasteiger partial charge in [-0.15, -0.1) is 0 Å². The largest absolute Gasteiger partial charge is 0.392 e. The molecule has 114 valence electrons. The van der Waals surface area contributed by atoms with Crippen LogP contribution in [0.1, 0.15) is 23.7 Å². The van der Waals surface area contributed by atoms with Gasteiger partial charge in [-0.2, -0.15) is 0 Å².